The smallest absolute Gasteiger partial charge is 0.339 e. The first kappa shape index (κ1) is 17.3. The normalized spacial score (nSPS) is 12.0. The van der Waals surface area contributed by atoms with Gasteiger partial charge in [0.2, 0.25) is 0 Å². The van der Waals surface area contributed by atoms with Crippen LogP contribution in [0.4, 0.5) is 0 Å². The summed E-state index contributed by atoms with van der Waals surface area (Å²) >= 11 is 3.98. The first-order valence-corrected chi connectivity index (χ1v) is 5.74. The van der Waals surface area contributed by atoms with Gasteiger partial charge in [0.15, 0.2) is 0 Å². The lowest BCUT2D eigenvalue weighted by molar-refractivity contribution is -0.139. The molecule has 0 radical (unpaired) electrons. The number of carboxylic acid groups (broad SMARTS) is 2. The Balaban J connectivity index is 0.000000344. The molecule has 0 spiro atoms. The van der Waals surface area contributed by atoms with Gasteiger partial charge in [0.1, 0.15) is 17.4 Å². The van der Waals surface area contributed by atoms with Crippen molar-refractivity contribution < 1.29 is 24.9 Å². The standard InChI is InChI=1S/C7H6O3.C5H11NO2S/c8-6-4-2-1-3-5(6)7(9)10;1-5(2,9)3(6)4(7)8/h1-4,8H,(H,9,10);3,9H,6H2,1-2H3,(H,7,8)/t;3-/m.1/s1. The Morgan fingerprint density at radius 1 is 1.26 bits per heavy atom. The summed E-state index contributed by atoms with van der Waals surface area (Å²) in [6.45, 7) is 3.32. The summed E-state index contributed by atoms with van der Waals surface area (Å²) in [5.74, 6) is -2.33. The zero-order valence-electron chi connectivity index (χ0n) is 10.6. The van der Waals surface area contributed by atoms with Gasteiger partial charge in [-0.05, 0) is 26.0 Å². The Morgan fingerprint density at radius 3 is 1.95 bits per heavy atom. The number of nitrogens with two attached hydrogens (primary N) is 1. The van der Waals surface area contributed by atoms with E-state index in [1.54, 1.807) is 26.0 Å². The number of aromatic carboxylic acids is 1. The lowest BCUT2D eigenvalue weighted by Crippen LogP contribution is -2.45. The molecule has 0 amide bonds. The van der Waals surface area contributed by atoms with Gasteiger partial charge in [-0.3, -0.25) is 4.79 Å². The molecule has 6 nitrogen and oxygen atoms in total. The third-order valence-electron chi connectivity index (χ3n) is 2.16. The topological polar surface area (TPSA) is 121 Å². The average Bonchev–Trinajstić information content (AvgIpc) is 2.27. The number of benzene rings is 1. The Labute approximate surface area is 116 Å². The number of carbonyl (C=O) groups is 2. The van der Waals surface area contributed by atoms with E-state index in [2.05, 4.69) is 12.6 Å². The SMILES string of the molecule is CC(C)(S)[C@H](N)C(=O)O.O=C(O)c1ccccc1O. The van der Waals surface area contributed by atoms with Gasteiger partial charge < -0.3 is 21.1 Å². The number of aliphatic carboxylic acids is 1. The Bertz CT molecular complexity index is 456. The largest absolute Gasteiger partial charge is 0.507 e. The van der Waals surface area contributed by atoms with Crippen LogP contribution in [0, 0.1) is 0 Å². The van der Waals surface area contributed by atoms with Gasteiger partial charge in [0, 0.05) is 4.75 Å². The molecule has 0 aliphatic carbocycles. The molecule has 5 N–H and O–H groups in total. The molecule has 7 heteroatoms. The minimum absolute atomic E-state index is 0.0671. The van der Waals surface area contributed by atoms with Crippen molar-refractivity contribution in [2.75, 3.05) is 0 Å². The highest BCUT2D eigenvalue weighted by Gasteiger charge is 2.27. The maximum absolute atomic E-state index is 10.3. The summed E-state index contributed by atoms with van der Waals surface area (Å²) in [4.78, 5) is 20.4. The fourth-order valence-electron chi connectivity index (χ4n) is 0.957. The van der Waals surface area contributed by atoms with Gasteiger partial charge in [0.25, 0.3) is 0 Å². The molecule has 0 saturated heterocycles. The third-order valence-corrected chi connectivity index (χ3v) is 2.44. The fourth-order valence-corrected chi connectivity index (χ4v) is 1.07. The van der Waals surface area contributed by atoms with Crippen LogP contribution >= 0.6 is 12.6 Å². The van der Waals surface area contributed by atoms with E-state index in [9.17, 15) is 9.59 Å². The van der Waals surface area contributed by atoms with Crippen LogP contribution in [0.25, 0.3) is 0 Å². The van der Waals surface area contributed by atoms with Crippen LogP contribution in [0.2, 0.25) is 0 Å². The second-order valence-corrected chi connectivity index (χ2v) is 5.44. The second-order valence-electron chi connectivity index (χ2n) is 4.29. The quantitative estimate of drug-likeness (QED) is 0.533. The molecule has 106 valence electrons. The van der Waals surface area contributed by atoms with Crippen LogP contribution in [0.1, 0.15) is 24.2 Å². The minimum atomic E-state index is -1.11. The van der Waals surface area contributed by atoms with E-state index in [4.69, 9.17) is 21.1 Å². The highest BCUT2D eigenvalue weighted by atomic mass is 32.1. The molecule has 1 aromatic rings. The number of hydrogen-bond acceptors (Lipinski definition) is 5. The molecule has 1 rings (SSSR count). The molecule has 1 atom stereocenters. The highest BCUT2D eigenvalue weighted by molar-refractivity contribution is 7.81. The zero-order valence-corrected chi connectivity index (χ0v) is 11.5. The summed E-state index contributed by atoms with van der Waals surface area (Å²) < 4.78 is -0.647. The summed E-state index contributed by atoms with van der Waals surface area (Å²) in [5.41, 5.74) is 5.15. The first-order chi connectivity index (χ1) is 8.57. The van der Waals surface area contributed by atoms with Crippen LogP contribution in [-0.2, 0) is 4.79 Å². The highest BCUT2D eigenvalue weighted by Crippen LogP contribution is 2.15. The summed E-state index contributed by atoms with van der Waals surface area (Å²) in [6, 6.07) is 4.91. The van der Waals surface area contributed by atoms with Crippen LogP contribution in [0.15, 0.2) is 24.3 Å². The van der Waals surface area contributed by atoms with Crippen molar-refractivity contribution in [3.05, 3.63) is 29.8 Å². The zero-order chi connectivity index (χ0) is 15.2. The number of aromatic hydroxyl groups is 1. The first-order valence-electron chi connectivity index (χ1n) is 5.29. The summed E-state index contributed by atoms with van der Waals surface area (Å²) in [6.07, 6.45) is 0. The lowest BCUT2D eigenvalue weighted by atomic mass is 10.1. The molecule has 1 aromatic carbocycles. The Morgan fingerprint density at radius 2 is 1.74 bits per heavy atom. The molecule has 0 aromatic heterocycles. The number of thiol groups is 1. The van der Waals surface area contributed by atoms with Gasteiger partial charge in [-0.1, -0.05) is 12.1 Å². The monoisotopic (exact) mass is 287 g/mol. The number of para-hydroxylation sites is 1. The molecule has 0 aliphatic rings. The molecule has 0 saturated carbocycles. The number of rotatable bonds is 3. The van der Waals surface area contributed by atoms with Gasteiger partial charge in [-0.2, -0.15) is 12.6 Å². The molecule has 0 bridgehead atoms. The predicted octanol–water partition coefficient (Wildman–Crippen LogP) is 1.20. The van der Waals surface area contributed by atoms with Crippen molar-refractivity contribution in [1.82, 2.24) is 0 Å². The Kier molecular flexibility index (Phi) is 6.37. The van der Waals surface area contributed by atoms with Crippen molar-refractivity contribution >= 4 is 24.6 Å². The van der Waals surface area contributed by atoms with E-state index < -0.39 is 22.7 Å². The maximum Gasteiger partial charge on any atom is 0.339 e. The molecule has 0 heterocycles. The van der Waals surface area contributed by atoms with Gasteiger partial charge >= 0.3 is 11.9 Å². The van der Waals surface area contributed by atoms with Gasteiger partial charge in [-0.25, -0.2) is 4.79 Å². The minimum Gasteiger partial charge on any atom is -0.507 e. The van der Waals surface area contributed by atoms with Crippen LogP contribution in [0.5, 0.6) is 5.75 Å². The van der Waals surface area contributed by atoms with Crippen molar-refractivity contribution in [3.63, 3.8) is 0 Å². The van der Waals surface area contributed by atoms with Crippen molar-refractivity contribution in [3.8, 4) is 5.75 Å². The molecular weight excluding hydrogens is 270 g/mol. The maximum atomic E-state index is 10.3. The number of hydrogen-bond donors (Lipinski definition) is 5. The average molecular weight is 287 g/mol. The summed E-state index contributed by atoms with van der Waals surface area (Å²) in [5, 5.41) is 25.6. The van der Waals surface area contributed by atoms with E-state index in [0.29, 0.717) is 0 Å². The van der Waals surface area contributed by atoms with E-state index >= 15 is 0 Å². The molecule has 0 fully saturated rings. The van der Waals surface area contributed by atoms with Crippen molar-refractivity contribution in [2.45, 2.75) is 24.6 Å². The lowest BCUT2D eigenvalue weighted by Gasteiger charge is -2.21. The molecule has 0 unspecified atom stereocenters. The van der Waals surface area contributed by atoms with E-state index in [1.165, 1.54) is 12.1 Å². The van der Waals surface area contributed by atoms with E-state index in [0.717, 1.165) is 0 Å². The predicted molar refractivity (Wildman–Crippen MR) is 73.7 cm³/mol. The van der Waals surface area contributed by atoms with Crippen LogP contribution in [-0.4, -0.2) is 38.0 Å². The number of phenols is 1. The second kappa shape index (κ2) is 7.01. The summed E-state index contributed by atoms with van der Waals surface area (Å²) in [7, 11) is 0. The fraction of sp³-hybridized carbons (Fsp3) is 0.333. The van der Waals surface area contributed by atoms with Crippen molar-refractivity contribution in [1.29, 1.82) is 0 Å². The van der Waals surface area contributed by atoms with E-state index in [-0.39, 0.29) is 11.3 Å². The van der Waals surface area contributed by atoms with Gasteiger partial charge in [0.05, 0.1) is 0 Å². The molecular formula is C12H17NO5S. The Hall–Kier alpha value is -1.73. The number of carboxylic acids is 2. The van der Waals surface area contributed by atoms with Crippen molar-refractivity contribution in [2.24, 2.45) is 5.73 Å². The molecule has 19 heavy (non-hydrogen) atoms. The van der Waals surface area contributed by atoms with E-state index in [1.807, 2.05) is 0 Å². The van der Waals surface area contributed by atoms with Gasteiger partial charge in [-0.15, -0.1) is 0 Å². The van der Waals surface area contributed by atoms with Crippen LogP contribution < -0.4 is 5.73 Å². The third kappa shape index (κ3) is 6.12. The molecule has 0 aliphatic heterocycles. The van der Waals surface area contributed by atoms with Crippen LogP contribution in [0.3, 0.4) is 0 Å².